The van der Waals surface area contributed by atoms with Crippen molar-refractivity contribution in [3.63, 3.8) is 0 Å². The fourth-order valence-electron chi connectivity index (χ4n) is 3.87. The van der Waals surface area contributed by atoms with E-state index >= 15 is 0 Å². The molecule has 0 saturated carbocycles. The topological polar surface area (TPSA) is 65.4 Å². The van der Waals surface area contributed by atoms with Crippen LogP contribution in [0.15, 0.2) is 66.7 Å². The van der Waals surface area contributed by atoms with Gasteiger partial charge in [-0.05, 0) is 48.7 Å². The number of imidazole rings is 1. The van der Waals surface area contributed by atoms with Crippen LogP contribution in [0, 0.1) is 6.92 Å². The molecule has 1 amide bonds. The molecular formula is C27H29N3O3. The smallest absolute Gasteiger partial charge is 0.220 e. The van der Waals surface area contributed by atoms with Crippen molar-refractivity contribution in [3.05, 3.63) is 89.2 Å². The monoisotopic (exact) mass is 443 g/mol. The number of carbonyl (C=O) groups excluding carboxylic acids is 1. The molecule has 4 rings (SSSR count). The van der Waals surface area contributed by atoms with Gasteiger partial charge in [-0.25, -0.2) is 4.98 Å². The van der Waals surface area contributed by atoms with Gasteiger partial charge >= 0.3 is 0 Å². The maximum atomic E-state index is 12.6. The number of ether oxygens (including phenoxy) is 2. The van der Waals surface area contributed by atoms with Crippen molar-refractivity contribution in [3.8, 4) is 11.5 Å². The number of nitrogens with one attached hydrogen (secondary N) is 1. The van der Waals surface area contributed by atoms with Crippen molar-refractivity contribution in [2.45, 2.75) is 32.9 Å². The highest BCUT2D eigenvalue weighted by Gasteiger charge is 2.13. The number of methoxy groups -OCH3 is 2. The number of hydrogen-bond acceptors (Lipinski definition) is 4. The first kappa shape index (κ1) is 22.4. The third-order valence-corrected chi connectivity index (χ3v) is 5.73. The summed E-state index contributed by atoms with van der Waals surface area (Å²) in [6.07, 6.45) is 1.000. The molecule has 0 fully saturated rings. The summed E-state index contributed by atoms with van der Waals surface area (Å²) in [4.78, 5) is 17.4. The van der Waals surface area contributed by atoms with Crippen LogP contribution in [0.1, 0.15) is 28.9 Å². The van der Waals surface area contributed by atoms with Crippen molar-refractivity contribution >= 4 is 16.9 Å². The Balaban J connectivity index is 1.43. The van der Waals surface area contributed by atoms with E-state index in [0.717, 1.165) is 22.4 Å². The van der Waals surface area contributed by atoms with Crippen LogP contribution in [0.3, 0.4) is 0 Å². The van der Waals surface area contributed by atoms with Gasteiger partial charge in [-0.3, -0.25) is 4.79 Å². The van der Waals surface area contributed by atoms with Gasteiger partial charge in [0.15, 0.2) is 11.5 Å². The maximum Gasteiger partial charge on any atom is 0.220 e. The first-order chi connectivity index (χ1) is 16.1. The van der Waals surface area contributed by atoms with Crippen molar-refractivity contribution in [1.29, 1.82) is 0 Å². The van der Waals surface area contributed by atoms with Gasteiger partial charge in [0.2, 0.25) is 5.91 Å². The average Bonchev–Trinajstić information content (AvgIpc) is 3.19. The molecule has 0 bridgehead atoms. The average molecular weight is 444 g/mol. The first-order valence-corrected chi connectivity index (χ1v) is 11.0. The highest BCUT2D eigenvalue weighted by Crippen LogP contribution is 2.28. The van der Waals surface area contributed by atoms with E-state index in [2.05, 4.69) is 47.1 Å². The molecular weight excluding hydrogens is 414 g/mol. The van der Waals surface area contributed by atoms with Crippen LogP contribution in [0.4, 0.5) is 0 Å². The Morgan fingerprint density at radius 3 is 2.42 bits per heavy atom. The largest absolute Gasteiger partial charge is 0.493 e. The Labute approximate surface area is 194 Å². The molecule has 4 aromatic rings. The lowest BCUT2D eigenvalue weighted by atomic mass is 10.1. The van der Waals surface area contributed by atoms with Crippen LogP contribution in [0.5, 0.6) is 11.5 Å². The van der Waals surface area contributed by atoms with E-state index in [-0.39, 0.29) is 5.91 Å². The first-order valence-electron chi connectivity index (χ1n) is 11.0. The normalized spacial score (nSPS) is 10.9. The van der Waals surface area contributed by atoms with Gasteiger partial charge in [-0.2, -0.15) is 0 Å². The molecule has 0 aliphatic heterocycles. The summed E-state index contributed by atoms with van der Waals surface area (Å²) >= 11 is 0. The molecule has 6 heteroatoms. The van der Waals surface area contributed by atoms with E-state index in [9.17, 15) is 4.79 Å². The quantitative estimate of drug-likeness (QED) is 0.409. The van der Waals surface area contributed by atoms with Crippen LogP contribution in [0.25, 0.3) is 11.0 Å². The molecule has 0 atom stereocenters. The van der Waals surface area contributed by atoms with E-state index in [1.165, 1.54) is 11.1 Å². The lowest BCUT2D eigenvalue weighted by molar-refractivity contribution is -0.121. The van der Waals surface area contributed by atoms with Gasteiger partial charge in [0, 0.05) is 13.0 Å². The third kappa shape index (κ3) is 5.34. The lowest BCUT2D eigenvalue weighted by Gasteiger charge is -2.11. The lowest BCUT2D eigenvalue weighted by Crippen LogP contribution is -2.25. The van der Waals surface area contributed by atoms with E-state index < -0.39 is 0 Å². The zero-order valence-corrected chi connectivity index (χ0v) is 19.3. The minimum atomic E-state index is -0.0151. The SMILES string of the molecule is COc1ccc(CCC(=O)NCc2nc3ccccc3n2Cc2ccc(C)cc2)cc1OC. The van der Waals surface area contributed by atoms with Crippen molar-refractivity contribution in [2.24, 2.45) is 0 Å². The number of benzene rings is 3. The molecule has 0 spiro atoms. The predicted octanol–water partition coefficient (Wildman–Crippen LogP) is 4.66. The zero-order valence-electron chi connectivity index (χ0n) is 19.3. The highest BCUT2D eigenvalue weighted by molar-refractivity contribution is 5.77. The van der Waals surface area contributed by atoms with Gasteiger partial charge in [-0.15, -0.1) is 0 Å². The number of fused-ring (bicyclic) bond motifs is 1. The second-order valence-corrected chi connectivity index (χ2v) is 8.05. The van der Waals surface area contributed by atoms with Crippen molar-refractivity contribution in [2.75, 3.05) is 14.2 Å². The second kappa shape index (κ2) is 10.2. The molecule has 3 aromatic carbocycles. The fraction of sp³-hybridized carbons (Fsp3) is 0.259. The van der Waals surface area contributed by atoms with Crippen LogP contribution in [-0.2, 0) is 24.3 Å². The number of nitrogens with zero attached hydrogens (tertiary/aromatic N) is 2. The van der Waals surface area contributed by atoms with Crippen LogP contribution >= 0.6 is 0 Å². The molecule has 6 nitrogen and oxygen atoms in total. The number of aryl methyl sites for hydroxylation is 2. The Morgan fingerprint density at radius 2 is 1.67 bits per heavy atom. The summed E-state index contributed by atoms with van der Waals surface area (Å²) in [6.45, 7) is 3.17. The van der Waals surface area contributed by atoms with Gasteiger partial charge in [0.25, 0.3) is 0 Å². The van der Waals surface area contributed by atoms with Crippen molar-refractivity contribution < 1.29 is 14.3 Å². The predicted molar refractivity (Wildman–Crippen MR) is 130 cm³/mol. The van der Waals surface area contributed by atoms with Gasteiger partial charge in [0.05, 0.1) is 31.8 Å². The van der Waals surface area contributed by atoms with Crippen LogP contribution in [-0.4, -0.2) is 29.7 Å². The molecule has 170 valence electrons. The molecule has 0 aliphatic rings. The third-order valence-electron chi connectivity index (χ3n) is 5.73. The number of aromatic nitrogens is 2. The van der Waals surface area contributed by atoms with Gasteiger partial charge in [-0.1, -0.05) is 48.0 Å². The summed E-state index contributed by atoms with van der Waals surface area (Å²) in [5.74, 6) is 2.17. The molecule has 1 N–H and O–H groups in total. The zero-order chi connectivity index (χ0) is 23.2. The number of carbonyl (C=O) groups is 1. The van der Waals surface area contributed by atoms with Gasteiger partial charge in [0.1, 0.15) is 5.82 Å². The minimum Gasteiger partial charge on any atom is -0.493 e. The number of rotatable bonds is 9. The molecule has 0 unspecified atom stereocenters. The number of para-hydroxylation sites is 2. The standard InChI is InChI=1S/C27H29N3O3/c1-19-8-10-21(11-9-19)18-30-23-7-5-4-6-22(23)29-26(30)17-28-27(31)15-13-20-12-14-24(32-2)25(16-20)33-3/h4-12,14,16H,13,15,17-18H2,1-3H3,(H,28,31). The Bertz CT molecular complexity index is 1250. The summed E-state index contributed by atoms with van der Waals surface area (Å²) in [7, 11) is 3.22. The Hall–Kier alpha value is -3.80. The van der Waals surface area contributed by atoms with E-state index in [4.69, 9.17) is 14.5 Å². The highest BCUT2D eigenvalue weighted by atomic mass is 16.5. The maximum absolute atomic E-state index is 12.6. The van der Waals surface area contributed by atoms with Crippen LogP contribution < -0.4 is 14.8 Å². The van der Waals surface area contributed by atoms with Crippen molar-refractivity contribution in [1.82, 2.24) is 14.9 Å². The van der Waals surface area contributed by atoms with E-state index in [1.54, 1.807) is 14.2 Å². The summed E-state index contributed by atoms with van der Waals surface area (Å²) in [5.41, 5.74) is 5.45. The summed E-state index contributed by atoms with van der Waals surface area (Å²) in [5, 5.41) is 3.04. The summed E-state index contributed by atoms with van der Waals surface area (Å²) in [6, 6.07) is 22.3. The molecule has 0 saturated heterocycles. The van der Waals surface area contributed by atoms with E-state index in [1.807, 2.05) is 36.4 Å². The number of hydrogen-bond donors (Lipinski definition) is 1. The minimum absolute atomic E-state index is 0.0151. The number of amides is 1. The molecule has 0 aliphatic carbocycles. The fourth-order valence-corrected chi connectivity index (χ4v) is 3.87. The Kier molecular flexibility index (Phi) is 6.93. The molecule has 0 radical (unpaired) electrons. The van der Waals surface area contributed by atoms with Crippen LogP contribution in [0.2, 0.25) is 0 Å². The molecule has 1 aromatic heterocycles. The molecule has 1 heterocycles. The Morgan fingerprint density at radius 1 is 0.939 bits per heavy atom. The second-order valence-electron chi connectivity index (χ2n) is 8.05. The molecule has 33 heavy (non-hydrogen) atoms. The summed E-state index contributed by atoms with van der Waals surface area (Å²) < 4.78 is 12.8. The van der Waals surface area contributed by atoms with E-state index in [0.29, 0.717) is 37.4 Å². The van der Waals surface area contributed by atoms with Gasteiger partial charge < -0.3 is 19.4 Å².